The molecule has 5 heteroatoms. The summed E-state index contributed by atoms with van der Waals surface area (Å²) < 4.78 is 14.3. The van der Waals surface area contributed by atoms with Gasteiger partial charge in [0.25, 0.3) is 5.91 Å². The first kappa shape index (κ1) is 14.5. The summed E-state index contributed by atoms with van der Waals surface area (Å²) in [5, 5.41) is 0.838. The lowest BCUT2D eigenvalue weighted by Crippen LogP contribution is -2.34. The molecule has 2 heterocycles. The molecule has 1 aromatic carbocycles. The third kappa shape index (κ3) is 2.45. The van der Waals surface area contributed by atoms with E-state index in [9.17, 15) is 9.18 Å². The molecule has 1 amide bonds. The van der Waals surface area contributed by atoms with E-state index in [1.54, 1.807) is 6.07 Å². The fourth-order valence-electron chi connectivity index (χ4n) is 3.12. The fourth-order valence-corrected chi connectivity index (χ4v) is 4.27. The number of aryl methyl sites for hydroxylation is 1. The predicted molar refractivity (Wildman–Crippen MR) is 84.2 cm³/mol. The summed E-state index contributed by atoms with van der Waals surface area (Å²) in [6.07, 6.45) is 0.959. The molecule has 2 atom stereocenters. The molecule has 0 aliphatic carbocycles. The summed E-state index contributed by atoms with van der Waals surface area (Å²) in [6, 6.07) is 4.91. The lowest BCUT2D eigenvalue weighted by atomic mass is 10.1. The minimum atomic E-state index is -0.264. The van der Waals surface area contributed by atoms with Crippen molar-refractivity contribution >= 4 is 27.3 Å². The van der Waals surface area contributed by atoms with Crippen molar-refractivity contribution in [1.82, 2.24) is 4.90 Å². The van der Waals surface area contributed by atoms with E-state index in [1.807, 2.05) is 11.8 Å². The van der Waals surface area contributed by atoms with Gasteiger partial charge in [-0.3, -0.25) is 4.79 Å². The minimum absolute atomic E-state index is 0.0533. The van der Waals surface area contributed by atoms with Crippen molar-refractivity contribution in [2.75, 3.05) is 13.1 Å². The van der Waals surface area contributed by atoms with Crippen molar-refractivity contribution in [3.8, 4) is 0 Å². The number of hydrogen-bond donors (Lipinski definition) is 1. The highest BCUT2D eigenvalue weighted by molar-refractivity contribution is 7.21. The largest absolute Gasteiger partial charge is 0.335 e. The normalized spacial score (nSPS) is 22.2. The Kier molecular flexibility index (Phi) is 3.71. The zero-order chi connectivity index (χ0) is 15.1. The number of thiophene rings is 1. The predicted octanol–water partition coefficient (Wildman–Crippen LogP) is 3.16. The maximum Gasteiger partial charge on any atom is 0.264 e. The molecule has 0 saturated carbocycles. The Hall–Kier alpha value is -1.46. The number of carbonyl (C=O) groups excluding carboxylic acids is 1. The quantitative estimate of drug-likeness (QED) is 0.926. The Balaban J connectivity index is 1.97. The molecule has 0 bridgehead atoms. The van der Waals surface area contributed by atoms with Crippen LogP contribution in [0.15, 0.2) is 18.2 Å². The molecular weight excluding hydrogens is 287 g/mol. The summed E-state index contributed by atoms with van der Waals surface area (Å²) in [5.74, 6) is 0.175. The van der Waals surface area contributed by atoms with Gasteiger partial charge in [-0.15, -0.1) is 11.3 Å². The number of amides is 1. The molecule has 1 aromatic heterocycles. The molecule has 0 spiro atoms. The highest BCUT2D eigenvalue weighted by atomic mass is 32.1. The number of rotatable bonds is 2. The molecule has 2 aromatic rings. The summed E-state index contributed by atoms with van der Waals surface area (Å²) in [5.41, 5.74) is 6.61. The Labute approximate surface area is 127 Å². The minimum Gasteiger partial charge on any atom is -0.335 e. The van der Waals surface area contributed by atoms with Crippen molar-refractivity contribution < 1.29 is 9.18 Å². The van der Waals surface area contributed by atoms with Gasteiger partial charge in [-0.05, 0) is 61.9 Å². The Morgan fingerprint density at radius 3 is 2.95 bits per heavy atom. The van der Waals surface area contributed by atoms with Gasteiger partial charge in [-0.1, -0.05) is 0 Å². The zero-order valence-electron chi connectivity index (χ0n) is 12.2. The van der Waals surface area contributed by atoms with E-state index in [0.717, 1.165) is 33.5 Å². The Morgan fingerprint density at radius 2 is 2.29 bits per heavy atom. The topological polar surface area (TPSA) is 46.3 Å². The van der Waals surface area contributed by atoms with Gasteiger partial charge in [0.15, 0.2) is 0 Å². The van der Waals surface area contributed by atoms with Crippen LogP contribution in [-0.4, -0.2) is 29.9 Å². The first-order valence-electron chi connectivity index (χ1n) is 7.21. The number of halogens is 1. The van der Waals surface area contributed by atoms with Crippen LogP contribution in [0.4, 0.5) is 4.39 Å². The lowest BCUT2D eigenvalue weighted by molar-refractivity contribution is 0.0748. The van der Waals surface area contributed by atoms with E-state index in [-0.39, 0.29) is 17.8 Å². The van der Waals surface area contributed by atoms with Gasteiger partial charge < -0.3 is 10.6 Å². The van der Waals surface area contributed by atoms with E-state index < -0.39 is 0 Å². The van der Waals surface area contributed by atoms with E-state index in [2.05, 4.69) is 6.92 Å². The molecule has 21 heavy (non-hydrogen) atoms. The van der Waals surface area contributed by atoms with Crippen molar-refractivity contribution in [2.45, 2.75) is 26.3 Å². The van der Waals surface area contributed by atoms with E-state index >= 15 is 0 Å². The van der Waals surface area contributed by atoms with Crippen LogP contribution in [-0.2, 0) is 0 Å². The molecule has 2 N–H and O–H groups in total. The second-order valence-electron chi connectivity index (χ2n) is 5.84. The van der Waals surface area contributed by atoms with Gasteiger partial charge in [-0.2, -0.15) is 0 Å². The number of likely N-dealkylation sites (tertiary alicyclic amines) is 1. The second kappa shape index (κ2) is 5.39. The first-order chi connectivity index (χ1) is 10.0. The van der Waals surface area contributed by atoms with Crippen LogP contribution in [0.1, 0.15) is 28.6 Å². The summed E-state index contributed by atoms with van der Waals surface area (Å²) in [7, 11) is 0. The number of hydrogen-bond acceptors (Lipinski definition) is 3. The number of nitrogens with two attached hydrogens (primary N) is 1. The van der Waals surface area contributed by atoms with Crippen molar-refractivity contribution in [3.05, 3.63) is 34.5 Å². The average molecular weight is 306 g/mol. The van der Waals surface area contributed by atoms with Crippen LogP contribution >= 0.6 is 11.3 Å². The molecule has 1 aliphatic heterocycles. The lowest BCUT2D eigenvalue weighted by Gasteiger charge is -2.21. The molecule has 3 rings (SSSR count). The molecule has 1 aliphatic rings. The van der Waals surface area contributed by atoms with Gasteiger partial charge in [0.2, 0.25) is 0 Å². The maximum absolute atomic E-state index is 13.4. The Bertz CT molecular complexity index is 697. The Morgan fingerprint density at radius 1 is 1.52 bits per heavy atom. The van der Waals surface area contributed by atoms with Gasteiger partial charge in [0, 0.05) is 17.3 Å². The first-order valence-corrected chi connectivity index (χ1v) is 8.02. The summed E-state index contributed by atoms with van der Waals surface area (Å²) in [6.45, 7) is 5.30. The molecule has 2 unspecified atom stereocenters. The SMILES string of the molecule is Cc1c(C(=O)N2CC(CN)CC2C)sc2ccc(F)cc12. The van der Waals surface area contributed by atoms with Crippen LogP contribution in [0.5, 0.6) is 0 Å². The van der Waals surface area contributed by atoms with E-state index in [1.165, 1.54) is 23.5 Å². The van der Waals surface area contributed by atoms with Crippen LogP contribution in [0.25, 0.3) is 10.1 Å². The average Bonchev–Trinajstić information content (AvgIpc) is 2.99. The smallest absolute Gasteiger partial charge is 0.264 e. The van der Waals surface area contributed by atoms with E-state index in [4.69, 9.17) is 5.73 Å². The van der Waals surface area contributed by atoms with Crippen LogP contribution in [0.3, 0.4) is 0 Å². The number of benzene rings is 1. The third-order valence-corrected chi connectivity index (χ3v) is 5.61. The monoisotopic (exact) mass is 306 g/mol. The second-order valence-corrected chi connectivity index (χ2v) is 6.89. The molecule has 112 valence electrons. The van der Waals surface area contributed by atoms with Crippen LogP contribution in [0, 0.1) is 18.7 Å². The van der Waals surface area contributed by atoms with Crippen molar-refractivity contribution in [1.29, 1.82) is 0 Å². The number of carbonyl (C=O) groups is 1. The molecule has 1 saturated heterocycles. The molecule has 3 nitrogen and oxygen atoms in total. The summed E-state index contributed by atoms with van der Waals surface area (Å²) in [4.78, 5) is 15.4. The molecule has 1 fully saturated rings. The zero-order valence-corrected chi connectivity index (χ0v) is 13.0. The van der Waals surface area contributed by atoms with Gasteiger partial charge in [0.1, 0.15) is 5.82 Å². The van der Waals surface area contributed by atoms with Crippen LogP contribution in [0.2, 0.25) is 0 Å². The van der Waals surface area contributed by atoms with Crippen molar-refractivity contribution in [3.63, 3.8) is 0 Å². The molecule has 0 radical (unpaired) electrons. The fraction of sp³-hybridized carbons (Fsp3) is 0.438. The van der Waals surface area contributed by atoms with Gasteiger partial charge in [0.05, 0.1) is 4.88 Å². The number of fused-ring (bicyclic) bond motifs is 1. The standard InChI is InChI=1S/C16H19FN2OS/c1-9-5-11(7-18)8-19(9)16(20)15-10(2)13-6-12(17)3-4-14(13)21-15/h3-4,6,9,11H,5,7-8,18H2,1-2H3. The van der Waals surface area contributed by atoms with Gasteiger partial charge >= 0.3 is 0 Å². The third-order valence-electron chi connectivity index (χ3n) is 4.35. The summed E-state index contributed by atoms with van der Waals surface area (Å²) >= 11 is 1.45. The van der Waals surface area contributed by atoms with E-state index in [0.29, 0.717) is 12.5 Å². The highest BCUT2D eigenvalue weighted by Crippen LogP contribution is 2.34. The van der Waals surface area contributed by atoms with Crippen molar-refractivity contribution in [2.24, 2.45) is 11.7 Å². The number of nitrogens with zero attached hydrogens (tertiary/aromatic N) is 1. The van der Waals surface area contributed by atoms with Crippen LogP contribution < -0.4 is 5.73 Å². The maximum atomic E-state index is 13.4. The van der Waals surface area contributed by atoms with Gasteiger partial charge in [-0.25, -0.2) is 4.39 Å². The molecular formula is C16H19FN2OS. The highest BCUT2D eigenvalue weighted by Gasteiger charge is 2.33.